The van der Waals surface area contributed by atoms with E-state index in [0.717, 1.165) is 44.0 Å². The number of para-hydroxylation sites is 1. The molecule has 2 heterocycles. The van der Waals surface area contributed by atoms with Crippen LogP contribution in [0.1, 0.15) is 25.5 Å². The molecule has 1 N–H and O–H groups in total. The van der Waals surface area contributed by atoms with E-state index in [0.29, 0.717) is 0 Å². The zero-order valence-corrected chi connectivity index (χ0v) is 11.7. The lowest BCUT2D eigenvalue weighted by molar-refractivity contribution is 0.0445. The molecule has 0 radical (unpaired) electrons. The van der Waals surface area contributed by atoms with Crippen molar-refractivity contribution in [2.75, 3.05) is 13.2 Å². The molecule has 0 atom stereocenters. The summed E-state index contributed by atoms with van der Waals surface area (Å²) in [6, 6.07) is 9.95. The largest absolute Gasteiger partial charge is 0.381 e. The predicted molar refractivity (Wildman–Crippen MR) is 76.7 cm³/mol. The van der Waals surface area contributed by atoms with Crippen LogP contribution in [0.2, 0.25) is 0 Å². The smallest absolute Gasteiger partial charge is 0.0969 e. The van der Waals surface area contributed by atoms with Crippen molar-refractivity contribution >= 4 is 0 Å². The van der Waals surface area contributed by atoms with Crippen LogP contribution in [0, 0.1) is 0 Å². The first-order valence-corrected chi connectivity index (χ1v) is 7.05. The first-order valence-electron chi connectivity index (χ1n) is 7.05. The van der Waals surface area contributed by atoms with Gasteiger partial charge in [-0.1, -0.05) is 18.2 Å². The maximum absolute atomic E-state index is 5.41. The number of ether oxygens (including phenoxy) is 1. The second-order valence-corrected chi connectivity index (χ2v) is 5.49. The van der Waals surface area contributed by atoms with E-state index in [2.05, 4.69) is 22.4 Å². The summed E-state index contributed by atoms with van der Waals surface area (Å²) >= 11 is 0. The molecule has 20 heavy (non-hydrogen) atoms. The number of rotatable bonds is 4. The Labute approximate surface area is 118 Å². The predicted octanol–water partition coefficient (Wildman–Crippen LogP) is 1.93. The van der Waals surface area contributed by atoms with Crippen molar-refractivity contribution in [3.05, 3.63) is 42.2 Å². The van der Waals surface area contributed by atoms with E-state index >= 15 is 0 Å². The molecule has 0 spiro atoms. The van der Waals surface area contributed by atoms with E-state index < -0.39 is 0 Å². The van der Waals surface area contributed by atoms with Crippen LogP contribution in [0.25, 0.3) is 5.69 Å². The summed E-state index contributed by atoms with van der Waals surface area (Å²) in [5.74, 6) is 0. The molecular formula is C15H20N4O. The van der Waals surface area contributed by atoms with Gasteiger partial charge < -0.3 is 10.1 Å². The summed E-state index contributed by atoms with van der Waals surface area (Å²) in [5, 5.41) is 12.4. The molecule has 5 heteroatoms. The highest BCUT2D eigenvalue weighted by atomic mass is 16.5. The SMILES string of the molecule is CC1(NCc2cnn(-c3ccccc3)n2)CCOCC1. The van der Waals surface area contributed by atoms with Crippen LogP contribution in [0.15, 0.2) is 36.5 Å². The highest BCUT2D eigenvalue weighted by Crippen LogP contribution is 2.20. The lowest BCUT2D eigenvalue weighted by Gasteiger charge is -2.34. The van der Waals surface area contributed by atoms with E-state index in [4.69, 9.17) is 4.74 Å². The van der Waals surface area contributed by atoms with Crippen molar-refractivity contribution in [1.82, 2.24) is 20.3 Å². The summed E-state index contributed by atoms with van der Waals surface area (Å²) < 4.78 is 5.41. The molecule has 1 aliphatic rings. The molecule has 1 aromatic carbocycles. The Morgan fingerprint density at radius 3 is 2.75 bits per heavy atom. The van der Waals surface area contributed by atoms with Crippen LogP contribution < -0.4 is 5.32 Å². The maximum atomic E-state index is 5.41. The summed E-state index contributed by atoms with van der Waals surface area (Å²) in [7, 11) is 0. The number of nitrogens with one attached hydrogen (secondary N) is 1. The third-order valence-corrected chi connectivity index (χ3v) is 3.82. The van der Waals surface area contributed by atoms with E-state index in [1.807, 2.05) is 36.5 Å². The normalized spacial score (nSPS) is 18.1. The Kier molecular flexibility index (Phi) is 3.80. The van der Waals surface area contributed by atoms with Gasteiger partial charge in [-0.2, -0.15) is 15.0 Å². The van der Waals surface area contributed by atoms with Gasteiger partial charge >= 0.3 is 0 Å². The van der Waals surface area contributed by atoms with Gasteiger partial charge in [0.25, 0.3) is 0 Å². The van der Waals surface area contributed by atoms with Gasteiger partial charge in [-0.3, -0.25) is 0 Å². The minimum Gasteiger partial charge on any atom is -0.381 e. The maximum Gasteiger partial charge on any atom is 0.0969 e. The molecule has 0 amide bonds. The van der Waals surface area contributed by atoms with Gasteiger partial charge in [0.2, 0.25) is 0 Å². The quantitative estimate of drug-likeness (QED) is 0.924. The first kappa shape index (κ1) is 13.3. The van der Waals surface area contributed by atoms with Crippen LogP contribution >= 0.6 is 0 Å². The minimum absolute atomic E-state index is 0.148. The molecule has 1 fully saturated rings. The molecule has 0 unspecified atom stereocenters. The highest BCUT2D eigenvalue weighted by Gasteiger charge is 2.26. The van der Waals surface area contributed by atoms with Crippen LogP contribution in [0.5, 0.6) is 0 Å². The van der Waals surface area contributed by atoms with Gasteiger partial charge in [-0.15, -0.1) is 0 Å². The van der Waals surface area contributed by atoms with Gasteiger partial charge in [0.1, 0.15) is 0 Å². The van der Waals surface area contributed by atoms with Crippen LogP contribution in [0.4, 0.5) is 0 Å². The number of hydrogen-bond donors (Lipinski definition) is 1. The molecule has 5 nitrogen and oxygen atoms in total. The van der Waals surface area contributed by atoms with Crippen molar-refractivity contribution in [1.29, 1.82) is 0 Å². The van der Waals surface area contributed by atoms with Crippen molar-refractivity contribution < 1.29 is 4.74 Å². The Hall–Kier alpha value is -1.72. The third kappa shape index (κ3) is 3.05. The average Bonchev–Trinajstić information content (AvgIpc) is 2.96. The van der Waals surface area contributed by atoms with Crippen molar-refractivity contribution in [3.8, 4) is 5.69 Å². The molecule has 106 valence electrons. The van der Waals surface area contributed by atoms with Crippen molar-refractivity contribution in [2.45, 2.75) is 31.8 Å². The molecule has 3 rings (SSSR count). The third-order valence-electron chi connectivity index (χ3n) is 3.82. The van der Waals surface area contributed by atoms with Gasteiger partial charge in [0.05, 0.1) is 17.6 Å². The topological polar surface area (TPSA) is 52.0 Å². The van der Waals surface area contributed by atoms with Gasteiger partial charge in [-0.05, 0) is 31.9 Å². The van der Waals surface area contributed by atoms with Gasteiger partial charge in [0.15, 0.2) is 0 Å². The molecule has 1 aromatic heterocycles. The van der Waals surface area contributed by atoms with Crippen LogP contribution in [-0.4, -0.2) is 33.7 Å². The second-order valence-electron chi connectivity index (χ2n) is 5.49. The standard InChI is InChI=1S/C15H20N4O/c1-15(7-9-20-10-8-15)16-11-13-12-17-19(18-13)14-5-3-2-4-6-14/h2-6,12,16H,7-11H2,1H3. The zero-order chi connectivity index (χ0) is 13.8. The zero-order valence-electron chi connectivity index (χ0n) is 11.7. The first-order chi connectivity index (χ1) is 9.75. The Morgan fingerprint density at radius 2 is 2.00 bits per heavy atom. The van der Waals surface area contributed by atoms with Gasteiger partial charge in [0, 0.05) is 25.3 Å². The monoisotopic (exact) mass is 272 g/mol. The van der Waals surface area contributed by atoms with E-state index in [1.54, 1.807) is 4.80 Å². The van der Waals surface area contributed by atoms with Crippen LogP contribution in [-0.2, 0) is 11.3 Å². The summed E-state index contributed by atoms with van der Waals surface area (Å²) in [4.78, 5) is 1.67. The van der Waals surface area contributed by atoms with Crippen molar-refractivity contribution in [2.24, 2.45) is 0 Å². The Bertz CT molecular complexity index is 546. The fourth-order valence-electron chi connectivity index (χ4n) is 2.36. The molecule has 0 aliphatic carbocycles. The van der Waals surface area contributed by atoms with Crippen LogP contribution in [0.3, 0.4) is 0 Å². The second kappa shape index (κ2) is 5.73. The molecule has 1 saturated heterocycles. The number of nitrogens with zero attached hydrogens (tertiary/aromatic N) is 3. The molecule has 0 saturated carbocycles. The molecule has 0 bridgehead atoms. The number of benzene rings is 1. The van der Waals surface area contributed by atoms with E-state index in [1.165, 1.54) is 0 Å². The Morgan fingerprint density at radius 1 is 1.25 bits per heavy atom. The number of hydrogen-bond acceptors (Lipinski definition) is 4. The van der Waals surface area contributed by atoms with Gasteiger partial charge in [-0.25, -0.2) is 0 Å². The molecular weight excluding hydrogens is 252 g/mol. The minimum atomic E-state index is 0.148. The van der Waals surface area contributed by atoms with E-state index in [-0.39, 0.29) is 5.54 Å². The summed E-state index contributed by atoms with van der Waals surface area (Å²) in [5.41, 5.74) is 2.09. The highest BCUT2D eigenvalue weighted by molar-refractivity contribution is 5.28. The average molecular weight is 272 g/mol. The summed E-state index contributed by atoms with van der Waals surface area (Å²) in [6.45, 7) is 4.65. The Balaban J connectivity index is 1.63. The molecule has 2 aromatic rings. The lowest BCUT2D eigenvalue weighted by Crippen LogP contribution is -2.46. The summed E-state index contributed by atoms with van der Waals surface area (Å²) in [6.07, 6.45) is 3.91. The lowest BCUT2D eigenvalue weighted by atomic mass is 9.92. The number of aromatic nitrogens is 3. The van der Waals surface area contributed by atoms with E-state index in [9.17, 15) is 0 Å². The van der Waals surface area contributed by atoms with Crippen molar-refractivity contribution in [3.63, 3.8) is 0 Å². The fraction of sp³-hybridized carbons (Fsp3) is 0.467. The fourth-order valence-corrected chi connectivity index (χ4v) is 2.36. The molecule has 1 aliphatic heterocycles.